The van der Waals surface area contributed by atoms with Crippen LogP contribution in [0.25, 0.3) is 0 Å². The molecule has 2 aliphatic carbocycles. The highest BCUT2D eigenvalue weighted by atomic mass is 32.2. The predicted octanol–water partition coefficient (Wildman–Crippen LogP) is 7.43. The van der Waals surface area contributed by atoms with Crippen molar-refractivity contribution in [2.24, 2.45) is 75.8 Å². The average Bonchev–Trinajstić information content (AvgIpc) is 1.77. The maximum atomic E-state index is 12.3. The third kappa shape index (κ3) is 62.3. The van der Waals surface area contributed by atoms with Crippen molar-refractivity contribution < 1.29 is 115 Å². The summed E-state index contributed by atoms with van der Waals surface area (Å²) in [7, 11) is 0. The summed E-state index contributed by atoms with van der Waals surface area (Å²) in [5, 5.41) is 14.2. The molecule has 2 saturated carbocycles. The summed E-state index contributed by atoms with van der Waals surface area (Å²) in [6, 6.07) is 0.646. The zero-order valence-corrected chi connectivity index (χ0v) is 87.6. The van der Waals surface area contributed by atoms with Gasteiger partial charge in [-0.2, -0.15) is 0 Å². The molecular formula is C91H158N12O24S6. The van der Waals surface area contributed by atoms with Gasteiger partial charge in [0, 0.05) is 68.1 Å². The monoisotopic (exact) mass is 1990 g/mol. The van der Waals surface area contributed by atoms with E-state index < -0.39 is 108 Å². The first-order valence-corrected chi connectivity index (χ1v) is 51.2. The molecule has 0 bridgehead atoms. The second kappa shape index (κ2) is 72.1. The van der Waals surface area contributed by atoms with Gasteiger partial charge in [0.2, 0.25) is 66.1 Å². The van der Waals surface area contributed by atoms with Crippen molar-refractivity contribution in [1.29, 1.82) is 0 Å². The number of nitrogens with one attached hydrogen (secondary N) is 6. The molecule has 42 heteroatoms. The van der Waals surface area contributed by atoms with Gasteiger partial charge in [-0.25, -0.2) is 28.8 Å². The molecule has 0 saturated heterocycles. The molecule has 6 amide bonds. The maximum absolute atomic E-state index is 12.3. The minimum Gasteiger partial charge on any atom is -0.464 e. The number of esters is 6. The van der Waals surface area contributed by atoms with E-state index in [-0.39, 0.29) is 179 Å². The molecule has 36 nitrogen and oxygen atoms in total. The van der Waals surface area contributed by atoms with Crippen LogP contribution in [0.3, 0.4) is 0 Å². The SMILES string of the molecule is CC(=O)N[C@@H](CSC(=O)[C@@H](N)C(C)C)C(=O)OC(C)C.CC(=O)N[C@@H](CSC(=O)[C@@H](N)C(C)C)C(=O)OC1CCCC1.CC(=O)N[C@@H](CSC(=O)[C@@H](N)C(C)C)C(=O)OC1CCCCC1.CC(C)OC(=O)[C@H](CSC(=O)[C@@H](N)C(C)C)NC(=O)C(C)C.CC(C)OC(=O)[C@H](CSC(=O)[C@@H](N)C(C)C)NC(=O)Cc1ccccc1.CCCOC(=O)[C@H](CSC(=O)[C@@H](N)C(C)C)NC(C)=O. The fraction of sp³-hybridized carbons (Fsp3) is 0.736. The van der Waals surface area contributed by atoms with Crippen LogP contribution in [0.4, 0.5) is 0 Å². The standard InChI is InChI=1S/C19H28N2O4S.C16H28N2O4S.C15H26N2O4S.C15H28N2O4S.2C13H24N2O4S/c1-12(2)17(20)19(24)26-11-15(18(23)25-13(3)4)21-16(22)10-14-8-6-5-7-9-14;1-10(2)14(17)16(21)23-9-13(18-11(3)19)15(20)22-12-7-5-4-6-8-12;1-9(2)13(16)15(20)22-8-12(17-10(3)18)14(19)21-11-6-4-5-7-11;1-8(2)12(16)15(20)22-7-11(14(19)21-10(5)6)17-13(18)9(3)4;1-7(2)11(14)13(18)20-6-10(15-9(5)16)12(17)19-8(3)4;1-5-6-19-12(17)10(15-9(4)16)7-20-13(18)11(14)8(2)3/h5-9,12-13,15,17H,10-11,20H2,1-4H3,(H,21,22);10,12-14H,4-9,17H2,1-3H3,(H,18,19);9,11-13H,4-8,16H2,1-3H3,(H,17,18);8-12H,7,16H2,1-6H3,(H,17,18);7-8,10-11H,6,14H2,1-5H3,(H,15,16);8,10-11H,5-7,14H2,1-4H3,(H,15,16)/t15-,17-;13-,14-;12-,13-;11-,12-;2*10-,11-/m000000/s1. The minimum absolute atomic E-state index is 0.00346. The van der Waals surface area contributed by atoms with Crippen LogP contribution in [-0.4, -0.2) is 246 Å². The molecule has 0 aromatic heterocycles. The molecule has 133 heavy (non-hydrogen) atoms. The van der Waals surface area contributed by atoms with E-state index in [1.165, 1.54) is 34.1 Å². The van der Waals surface area contributed by atoms with Gasteiger partial charge < -0.3 is 94.7 Å². The van der Waals surface area contributed by atoms with Crippen LogP contribution < -0.4 is 66.3 Å². The Bertz CT molecular complexity index is 3740. The Labute approximate surface area is 813 Å². The van der Waals surface area contributed by atoms with E-state index in [1.54, 1.807) is 55.4 Å². The molecule has 0 unspecified atom stereocenters. The van der Waals surface area contributed by atoms with Crippen LogP contribution >= 0.6 is 70.6 Å². The summed E-state index contributed by atoms with van der Waals surface area (Å²) < 4.78 is 31.2. The molecule has 12 atom stereocenters. The van der Waals surface area contributed by atoms with Crippen LogP contribution in [-0.2, 0) is 121 Å². The first-order chi connectivity index (χ1) is 61.8. The van der Waals surface area contributed by atoms with Gasteiger partial charge in [-0.05, 0) is 140 Å². The first kappa shape index (κ1) is 130. The lowest BCUT2D eigenvalue weighted by atomic mass is 9.98. The lowest BCUT2D eigenvalue weighted by Gasteiger charge is -2.25. The lowest BCUT2D eigenvalue weighted by Crippen LogP contribution is -2.46. The molecule has 3 rings (SSSR count). The Morgan fingerprint density at radius 3 is 0.789 bits per heavy atom. The summed E-state index contributed by atoms with van der Waals surface area (Å²) in [5.41, 5.74) is 35.5. The van der Waals surface area contributed by atoms with E-state index in [4.69, 9.17) is 62.8 Å². The number of nitrogens with two attached hydrogens (primary N) is 6. The summed E-state index contributed by atoms with van der Waals surface area (Å²) in [5.74, 6) is -4.39. The van der Waals surface area contributed by atoms with Crippen molar-refractivity contribution in [3.05, 3.63) is 35.9 Å². The van der Waals surface area contributed by atoms with Crippen molar-refractivity contribution in [2.75, 3.05) is 41.1 Å². The number of rotatable bonds is 46. The van der Waals surface area contributed by atoms with Gasteiger partial charge in [-0.15, -0.1) is 0 Å². The maximum Gasteiger partial charge on any atom is 0.329 e. The van der Waals surface area contributed by atoms with E-state index in [0.717, 1.165) is 128 Å². The van der Waals surface area contributed by atoms with Crippen LogP contribution in [0, 0.1) is 41.4 Å². The highest BCUT2D eigenvalue weighted by molar-refractivity contribution is 8.15. The molecule has 2 aliphatic rings. The van der Waals surface area contributed by atoms with Gasteiger partial charge >= 0.3 is 35.8 Å². The topological polar surface area (TPSA) is 591 Å². The molecule has 18 N–H and O–H groups in total. The van der Waals surface area contributed by atoms with E-state index >= 15 is 0 Å². The minimum atomic E-state index is -0.901. The van der Waals surface area contributed by atoms with Crippen molar-refractivity contribution in [1.82, 2.24) is 31.9 Å². The number of hydrogen-bond donors (Lipinski definition) is 12. The van der Waals surface area contributed by atoms with E-state index in [9.17, 15) is 86.3 Å². The Balaban J connectivity index is -0.00000153. The highest BCUT2D eigenvalue weighted by Crippen LogP contribution is 2.25. The third-order valence-corrected chi connectivity index (χ3v) is 25.2. The second-order valence-corrected chi connectivity index (χ2v) is 41.2. The quantitative estimate of drug-likeness (QED) is 0.0223. The Morgan fingerprint density at radius 2 is 0.556 bits per heavy atom. The van der Waals surface area contributed by atoms with E-state index in [1.807, 2.05) is 120 Å². The Kier molecular flexibility index (Phi) is 70.4. The van der Waals surface area contributed by atoms with Crippen LogP contribution in [0.2, 0.25) is 0 Å². The molecule has 1 aromatic rings. The number of ether oxygens (including phenoxy) is 6. The second-order valence-electron chi connectivity index (χ2n) is 35.1. The highest BCUT2D eigenvalue weighted by Gasteiger charge is 2.35. The van der Waals surface area contributed by atoms with Crippen LogP contribution in [0.15, 0.2) is 30.3 Å². The van der Waals surface area contributed by atoms with Gasteiger partial charge in [-0.1, -0.05) is 211 Å². The summed E-state index contributed by atoms with van der Waals surface area (Å²) in [6.45, 7) is 43.6. The zero-order valence-electron chi connectivity index (χ0n) is 82.7. The normalized spacial score (nSPS) is 15.3. The average molecular weight is 2000 g/mol. The van der Waals surface area contributed by atoms with E-state index in [0.29, 0.717) is 13.0 Å². The summed E-state index contributed by atoms with van der Waals surface area (Å²) in [6.07, 6.45) is 8.67. The van der Waals surface area contributed by atoms with Gasteiger partial charge in [0.05, 0.1) is 67.6 Å². The van der Waals surface area contributed by atoms with Crippen molar-refractivity contribution in [3.63, 3.8) is 0 Å². The first-order valence-electron chi connectivity index (χ1n) is 45.3. The molecule has 0 heterocycles. The van der Waals surface area contributed by atoms with Gasteiger partial charge in [0.1, 0.15) is 48.5 Å². The van der Waals surface area contributed by atoms with Gasteiger partial charge in [0.15, 0.2) is 0 Å². The number of carbonyl (C=O) groups excluding carboxylic acids is 18. The molecule has 0 radical (unpaired) electrons. The van der Waals surface area contributed by atoms with Crippen LogP contribution in [0.1, 0.15) is 243 Å². The van der Waals surface area contributed by atoms with Crippen molar-refractivity contribution >= 4 is 173 Å². The Morgan fingerprint density at radius 1 is 0.323 bits per heavy atom. The fourth-order valence-corrected chi connectivity index (χ4v) is 16.6. The molecule has 1 aromatic carbocycles. The largest absolute Gasteiger partial charge is 0.464 e. The van der Waals surface area contributed by atoms with Crippen LogP contribution in [0.5, 0.6) is 0 Å². The zero-order chi connectivity index (χ0) is 103. The summed E-state index contributed by atoms with van der Waals surface area (Å²) in [4.78, 5) is 213. The molecular weight excluding hydrogens is 1840 g/mol. The molecule has 2 fully saturated rings. The lowest BCUT2D eigenvalue weighted by molar-refractivity contribution is -0.153. The Hall–Kier alpha value is -7.26. The van der Waals surface area contributed by atoms with E-state index in [2.05, 4.69) is 31.9 Å². The van der Waals surface area contributed by atoms with Crippen molar-refractivity contribution in [2.45, 2.75) is 347 Å². The molecule has 762 valence electrons. The van der Waals surface area contributed by atoms with Gasteiger partial charge in [-0.3, -0.25) is 57.5 Å². The van der Waals surface area contributed by atoms with Crippen molar-refractivity contribution in [3.8, 4) is 0 Å². The predicted molar refractivity (Wildman–Crippen MR) is 527 cm³/mol. The molecule has 0 aliphatic heterocycles. The summed E-state index contributed by atoms with van der Waals surface area (Å²) >= 11 is 5.72. The number of amides is 6. The third-order valence-electron chi connectivity index (χ3n) is 18.8. The fourth-order valence-electron chi connectivity index (χ4n) is 10.5. The van der Waals surface area contributed by atoms with Gasteiger partial charge in [0.25, 0.3) is 0 Å². The number of thioether (sulfide) groups is 6. The number of benzene rings is 1. The number of carbonyl (C=O) groups is 18. The number of hydrogen-bond acceptors (Lipinski definition) is 36. The molecule has 0 spiro atoms. The smallest absolute Gasteiger partial charge is 0.329 e.